The van der Waals surface area contributed by atoms with E-state index in [2.05, 4.69) is 5.32 Å². The minimum absolute atomic E-state index is 0.146. The number of rotatable bonds is 6. The van der Waals surface area contributed by atoms with Gasteiger partial charge in [0.05, 0.1) is 0 Å². The number of hydrogen-bond acceptors (Lipinski definition) is 3. The minimum atomic E-state index is -0.834. The van der Waals surface area contributed by atoms with E-state index >= 15 is 0 Å². The fraction of sp³-hybridized carbons (Fsp3) is 0.533. The molecule has 2 rings (SSSR count). The first-order valence-corrected chi connectivity index (χ1v) is 7.85. The van der Waals surface area contributed by atoms with Gasteiger partial charge in [0.1, 0.15) is 11.4 Å². The van der Waals surface area contributed by atoms with Gasteiger partial charge < -0.3 is 10.4 Å². The molecule has 2 unspecified atom stereocenters. The second-order valence-electron chi connectivity index (χ2n) is 5.23. The third-order valence-corrected chi connectivity index (χ3v) is 5.04. The number of carboxylic acids is 1. The molecule has 20 heavy (non-hydrogen) atoms. The summed E-state index contributed by atoms with van der Waals surface area (Å²) in [6.45, 7) is 2.71. The molecule has 2 atom stereocenters. The predicted molar refractivity (Wildman–Crippen MR) is 78.6 cm³/mol. The highest BCUT2D eigenvalue weighted by molar-refractivity contribution is 8.00. The minimum Gasteiger partial charge on any atom is -0.480 e. The second kappa shape index (κ2) is 6.59. The molecule has 0 aromatic heterocycles. The number of halogens is 1. The Balaban J connectivity index is 2.03. The molecule has 0 radical (unpaired) electrons. The zero-order valence-corrected chi connectivity index (χ0v) is 12.4. The second-order valence-corrected chi connectivity index (χ2v) is 6.57. The van der Waals surface area contributed by atoms with Gasteiger partial charge in [-0.05, 0) is 44.4 Å². The summed E-state index contributed by atoms with van der Waals surface area (Å²) in [6.07, 6.45) is 2.85. The quantitative estimate of drug-likeness (QED) is 0.846. The zero-order valence-electron chi connectivity index (χ0n) is 11.6. The third-order valence-electron chi connectivity index (χ3n) is 3.72. The summed E-state index contributed by atoms with van der Waals surface area (Å²) < 4.78 is 13.6. The van der Waals surface area contributed by atoms with Crippen LogP contribution in [0.2, 0.25) is 0 Å². The normalized spacial score (nSPS) is 25.8. The predicted octanol–water partition coefficient (Wildman–Crippen LogP) is 3.29. The molecule has 0 amide bonds. The monoisotopic (exact) mass is 297 g/mol. The van der Waals surface area contributed by atoms with Gasteiger partial charge in [-0.1, -0.05) is 19.1 Å². The smallest absolute Gasteiger partial charge is 0.323 e. The Morgan fingerprint density at radius 2 is 2.30 bits per heavy atom. The zero-order chi connectivity index (χ0) is 14.6. The van der Waals surface area contributed by atoms with Crippen molar-refractivity contribution < 1.29 is 14.3 Å². The van der Waals surface area contributed by atoms with E-state index in [1.807, 2.05) is 6.92 Å². The molecular formula is C15H20FNO2S. The standard InChI is InChI=1S/C15H20FNO2S/c1-2-9-17-15(14(18)19)8-7-11(10-15)20-13-6-4-3-5-12(13)16/h3-6,11,17H,2,7-10H2,1H3,(H,18,19). The summed E-state index contributed by atoms with van der Waals surface area (Å²) in [5.41, 5.74) is -0.834. The van der Waals surface area contributed by atoms with Crippen molar-refractivity contribution in [1.29, 1.82) is 0 Å². The van der Waals surface area contributed by atoms with Gasteiger partial charge in [-0.15, -0.1) is 11.8 Å². The van der Waals surface area contributed by atoms with Gasteiger partial charge in [0, 0.05) is 10.1 Å². The number of carbonyl (C=O) groups is 1. The summed E-state index contributed by atoms with van der Waals surface area (Å²) in [5.74, 6) is -1.02. The Morgan fingerprint density at radius 1 is 1.55 bits per heavy atom. The summed E-state index contributed by atoms with van der Waals surface area (Å²) >= 11 is 1.45. The van der Waals surface area contributed by atoms with Crippen molar-refractivity contribution in [3.05, 3.63) is 30.1 Å². The maximum Gasteiger partial charge on any atom is 0.323 e. The van der Waals surface area contributed by atoms with Gasteiger partial charge >= 0.3 is 5.97 Å². The molecular weight excluding hydrogens is 277 g/mol. The molecule has 0 spiro atoms. The van der Waals surface area contributed by atoms with Gasteiger partial charge in [0.2, 0.25) is 0 Å². The van der Waals surface area contributed by atoms with Crippen molar-refractivity contribution in [1.82, 2.24) is 5.32 Å². The van der Waals surface area contributed by atoms with Crippen LogP contribution in [0.4, 0.5) is 4.39 Å². The Bertz CT molecular complexity index is 483. The number of hydrogen-bond donors (Lipinski definition) is 2. The first kappa shape index (κ1) is 15.3. The lowest BCUT2D eigenvalue weighted by Gasteiger charge is -2.25. The molecule has 1 fully saturated rings. The van der Waals surface area contributed by atoms with Crippen molar-refractivity contribution in [2.45, 2.75) is 48.3 Å². The SMILES string of the molecule is CCCNC1(C(=O)O)CCC(Sc2ccccc2F)C1. The van der Waals surface area contributed by atoms with E-state index in [0.717, 1.165) is 12.8 Å². The summed E-state index contributed by atoms with van der Waals surface area (Å²) in [4.78, 5) is 12.2. The molecule has 3 nitrogen and oxygen atoms in total. The number of aliphatic carboxylic acids is 1. The first-order valence-electron chi connectivity index (χ1n) is 6.97. The van der Waals surface area contributed by atoms with Crippen molar-refractivity contribution >= 4 is 17.7 Å². The van der Waals surface area contributed by atoms with E-state index in [1.54, 1.807) is 18.2 Å². The van der Waals surface area contributed by atoms with E-state index < -0.39 is 11.5 Å². The molecule has 110 valence electrons. The van der Waals surface area contributed by atoms with Gasteiger partial charge in [-0.2, -0.15) is 0 Å². The van der Waals surface area contributed by atoms with Crippen molar-refractivity contribution in [3.8, 4) is 0 Å². The van der Waals surface area contributed by atoms with Gasteiger partial charge in [-0.3, -0.25) is 4.79 Å². The van der Waals surface area contributed by atoms with Gasteiger partial charge in [0.25, 0.3) is 0 Å². The lowest BCUT2D eigenvalue weighted by Crippen LogP contribution is -2.50. The van der Waals surface area contributed by atoms with Crippen LogP contribution in [0.5, 0.6) is 0 Å². The van der Waals surface area contributed by atoms with Crippen LogP contribution in [-0.2, 0) is 4.79 Å². The van der Waals surface area contributed by atoms with Gasteiger partial charge in [-0.25, -0.2) is 4.39 Å². The molecule has 1 aromatic carbocycles. The molecule has 0 bridgehead atoms. The van der Waals surface area contributed by atoms with Crippen LogP contribution < -0.4 is 5.32 Å². The maximum absolute atomic E-state index is 13.6. The average Bonchev–Trinajstić information content (AvgIpc) is 2.84. The van der Waals surface area contributed by atoms with Crippen LogP contribution in [0.3, 0.4) is 0 Å². The highest BCUT2D eigenvalue weighted by atomic mass is 32.2. The van der Waals surface area contributed by atoms with Crippen LogP contribution in [-0.4, -0.2) is 28.4 Å². The summed E-state index contributed by atoms with van der Waals surface area (Å²) in [7, 11) is 0. The average molecular weight is 297 g/mol. The Hall–Kier alpha value is -1.07. The highest BCUT2D eigenvalue weighted by Gasteiger charge is 2.45. The van der Waals surface area contributed by atoms with Crippen molar-refractivity contribution in [2.24, 2.45) is 0 Å². The number of thioether (sulfide) groups is 1. The van der Waals surface area contributed by atoms with Gasteiger partial charge in [0.15, 0.2) is 0 Å². The van der Waals surface area contributed by atoms with E-state index in [9.17, 15) is 14.3 Å². The molecule has 0 heterocycles. The molecule has 1 aliphatic rings. The van der Waals surface area contributed by atoms with E-state index in [1.165, 1.54) is 17.8 Å². The van der Waals surface area contributed by atoms with Crippen LogP contribution in [0.25, 0.3) is 0 Å². The lowest BCUT2D eigenvalue weighted by atomic mass is 9.98. The van der Waals surface area contributed by atoms with E-state index in [-0.39, 0.29) is 11.1 Å². The highest BCUT2D eigenvalue weighted by Crippen LogP contribution is 2.41. The lowest BCUT2D eigenvalue weighted by molar-refractivity contribution is -0.144. The molecule has 1 saturated carbocycles. The van der Waals surface area contributed by atoms with Crippen molar-refractivity contribution in [2.75, 3.05) is 6.54 Å². The molecule has 1 aliphatic carbocycles. The molecule has 5 heteroatoms. The first-order chi connectivity index (χ1) is 9.57. The molecule has 0 saturated heterocycles. The molecule has 2 N–H and O–H groups in total. The summed E-state index contributed by atoms with van der Waals surface area (Å²) in [5, 5.41) is 12.8. The van der Waals surface area contributed by atoms with Crippen LogP contribution in [0.15, 0.2) is 29.2 Å². The number of benzene rings is 1. The maximum atomic E-state index is 13.6. The number of carboxylic acid groups (broad SMARTS) is 1. The topological polar surface area (TPSA) is 49.3 Å². The largest absolute Gasteiger partial charge is 0.480 e. The Kier molecular flexibility index (Phi) is 5.05. The fourth-order valence-electron chi connectivity index (χ4n) is 2.62. The Morgan fingerprint density at radius 3 is 2.95 bits per heavy atom. The fourth-order valence-corrected chi connectivity index (χ4v) is 3.92. The van der Waals surface area contributed by atoms with E-state index in [4.69, 9.17) is 0 Å². The van der Waals surface area contributed by atoms with E-state index in [0.29, 0.717) is 24.3 Å². The van der Waals surface area contributed by atoms with Crippen molar-refractivity contribution in [3.63, 3.8) is 0 Å². The van der Waals surface area contributed by atoms with Crippen LogP contribution in [0, 0.1) is 5.82 Å². The Labute approximate surface area is 123 Å². The van der Waals surface area contributed by atoms with Crippen LogP contribution in [0.1, 0.15) is 32.6 Å². The third kappa shape index (κ3) is 3.33. The van der Waals surface area contributed by atoms with Crippen LogP contribution >= 0.6 is 11.8 Å². The molecule has 0 aliphatic heterocycles. The number of nitrogens with one attached hydrogen (secondary N) is 1. The summed E-state index contributed by atoms with van der Waals surface area (Å²) in [6, 6.07) is 6.66. The molecule has 1 aromatic rings.